The van der Waals surface area contributed by atoms with Crippen molar-refractivity contribution in [2.24, 2.45) is 11.7 Å². The number of nitrogens with two attached hydrogens (primary N) is 1. The summed E-state index contributed by atoms with van der Waals surface area (Å²) in [7, 11) is 0. The third kappa shape index (κ3) is 4.11. The van der Waals surface area contributed by atoms with Gasteiger partial charge in [0.1, 0.15) is 0 Å². The minimum atomic E-state index is -0.403. The fraction of sp³-hybridized carbons (Fsp3) is 0.471. The molecule has 8 heteroatoms. The summed E-state index contributed by atoms with van der Waals surface area (Å²) in [5.74, 6) is -0.0197. The molecule has 4 N–H and O–H groups in total. The average molecular weight is 367 g/mol. The molecule has 3 rings (SSSR count). The molecule has 7 nitrogen and oxygen atoms in total. The Hall–Kier alpha value is -2.12. The maximum absolute atomic E-state index is 12.5. The number of carbonyl (C=O) groups excluding carboxylic acids is 3. The Morgan fingerprint density at radius 2 is 2.12 bits per heavy atom. The maximum Gasteiger partial charge on any atom is 0.324 e. The van der Waals surface area contributed by atoms with Crippen molar-refractivity contribution in [3.63, 3.8) is 0 Å². The van der Waals surface area contributed by atoms with Crippen LogP contribution in [-0.4, -0.2) is 41.4 Å². The van der Waals surface area contributed by atoms with Gasteiger partial charge >= 0.3 is 6.03 Å². The fourth-order valence-corrected chi connectivity index (χ4v) is 2.98. The number of hydrogen-bond donors (Lipinski definition) is 3. The van der Waals surface area contributed by atoms with Gasteiger partial charge in [-0.05, 0) is 43.4 Å². The number of nitrogens with zero attached hydrogens (tertiary/aromatic N) is 1. The number of halogens is 1. The highest BCUT2D eigenvalue weighted by molar-refractivity contribution is 6.02. The van der Waals surface area contributed by atoms with Gasteiger partial charge in [0.05, 0.1) is 18.6 Å². The summed E-state index contributed by atoms with van der Waals surface area (Å²) in [6.07, 6.45) is 2.17. The molecule has 1 heterocycles. The van der Waals surface area contributed by atoms with Crippen LogP contribution in [0.3, 0.4) is 0 Å². The first-order valence-corrected chi connectivity index (χ1v) is 8.12. The summed E-state index contributed by atoms with van der Waals surface area (Å²) >= 11 is 0. The van der Waals surface area contributed by atoms with Crippen molar-refractivity contribution in [3.8, 4) is 0 Å². The van der Waals surface area contributed by atoms with E-state index in [9.17, 15) is 14.4 Å². The number of hydrogen-bond acceptors (Lipinski definition) is 4. The van der Waals surface area contributed by atoms with Gasteiger partial charge in [-0.15, -0.1) is 12.4 Å². The van der Waals surface area contributed by atoms with Crippen molar-refractivity contribution in [3.05, 3.63) is 35.4 Å². The minimum absolute atomic E-state index is 0. The number of nitrogens with one attached hydrogen (secondary N) is 2. The molecule has 1 aromatic carbocycles. The topological polar surface area (TPSA) is 105 Å². The van der Waals surface area contributed by atoms with Crippen molar-refractivity contribution >= 4 is 30.3 Å². The van der Waals surface area contributed by atoms with Crippen molar-refractivity contribution in [1.29, 1.82) is 0 Å². The maximum atomic E-state index is 12.5. The van der Waals surface area contributed by atoms with Crippen LogP contribution in [0.5, 0.6) is 0 Å². The highest BCUT2D eigenvalue weighted by Crippen LogP contribution is 2.39. The second-order valence-electron chi connectivity index (χ2n) is 6.69. The Bertz CT molecular complexity index is 676. The molecular weight excluding hydrogens is 344 g/mol. The Balaban J connectivity index is 0.00000225. The second-order valence-corrected chi connectivity index (χ2v) is 6.69. The van der Waals surface area contributed by atoms with E-state index in [0.717, 1.165) is 23.3 Å². The van der Waals surface area contributed by atoms with Gasteiger partial charge in [-0.25, -0.2) is 4.79 Å². The van der Waals surface area contributed by atoms with Crippen molar-refractivity contribution in [2.45, 2.75) is 31.8 Å². The van der Waals surface area contributed by atoms with Gasteiger partial charge in [0.2, 0.25) is 5.91 Å². The molecule has 1 atom stereocenters. The van der Waals surface area contributed by atoms with E-state index < -0.39 is 11.6 Å². The molecule has 4 amide bonds. The van der Waals surface area contributed by atoms with Crippen LogP contribution < -0.4 is 16.4 Å². The van der Waals surface area contributed by atoms with Crippen LogP contribution in [0.25, 0.3) is 0 Å². The van der Waals surface area contributed by atoms with Crippen LogP contribution in [0, 0.1) is 5.92 Å². The van der Waals surface area contributed by atoms with Crippen LogP contribution in [0.4, 0.5) is 4.79 Å². The summed E-state index contributed by atoms with van der Waals surface area (Å²) in [5.41, 5.74) is 6.68. The lowest BCUT2D eigenvalue weighted by molar-refractivity contribution is -0.125. The number of urea groups is 1. The molecule has 2 aliphatic rings. The normalized spacial score (nSPS) is 19.0. The smallest absolute Gasteiger partial charge is 0.324 e. The predicted octanol–water partition coefficient (Wildman–Crippen LogP) is 1.02. The average Bonchev–Trinajstić information content (AvgIpc) is 3.38. The molecule has 136 valence electrons. The zero-order chi connectivity index (χ0) is 17.3. The zero-order valence-electron chi connectivity index (χ0n) is 14.1. The quantitative estimate of drug-likeness (QED) is 0.653. The monoisotopic (exact) mass is 366 g/mol. The van der Waals surface area contributed by atoms with Gasteiger partial charge in [-0.3, -0.25) is 14.5 Å². The summed E-state index contributed by atoms with van der Waals surface area (Å²) < 4.78 is 0. The fourth-order valence-electron chi connectivity index (χ4n) is 2.98. The molecule has 0 spiro atoms. The Morgan fingerprint density at radius 3 is 2.68 bits per heavy atom. The van der Waals surface area contributed by atoms with E-state index in [-0.39, 0.29) is 37.3 Å². The largest absolute Gasteiger partial charge is 0.345 e. The van der Waals surface area contributed by atoms with Crippen LogP contribution >= 0.6 is 12.4 Å². The van der Waals surface area contributed by atoms with Gasteiger partial charge in [0.15, 0.2) is 0 Å². The second kappa shape index (κ2) is 7.41. The molecule has 1 saturated heterocycles. The Morgan fingerprint density at radius 1 is 1.40 bits per heavy atom. The van der Waals surface area contributed by atoms with E-state index in [1.54, 1.807) is 24.3 Å². The summed E-state index contributed by atoms with van der Waals surface area (Å²) in [4.78, 5) is 37.0. The molecule has 1 aliphatic heterocycles. The number of imide groups is 1. The van der Waals surface area contributed by atoms with E-state index in [1.807, 2.05) is 6.92 Å². The molecule has 1 aliphatic carbocycles. The highest BCUT2D eigenvalue weighted by Gasteiger charge is 2.41. The summed E-state index contributed by atoms with van der Waals surface area (Å²) in [5, 5.41) is 5.52. The molecule has 1 aromatic rings. The van der Waals surface area contributed by atoms with Crippen LogP contribution in [-0.2, 0) is 11.3 Å². The van der Waals surface area contributed by atoms with E-state index >= 15 is 0 Å². The van der Waals surface area contributed by atoms with Gasteiger partial charge in [0.25, 0.3) is 5.91 Å². The molecule has 2 fully saturated rings. The third-order valence-corrected chi connectivity index (χ3v) is 4.77. The van der Waals surface area contributed by atoms with E-state index in [0.29, 0.717) is 18.0 Å². The lowest BCUT2D eigenvalue weighted by Gasteiger charge is -2.29. The van der Waals surface area contributed by atoms with Crippen molar-refractivity contribution in [2.75, 3.05) is 13.1 Å². The number of rotatable bonds is 6. The number of amides is 4. The number of carbonyl (C=O) groups is 3. The molecule has 1 saturated carbocycles. The minimum Gasteiger partial charge on any atom is -0.345 e. The SMILES string of the molecule is CC(CN)(NC(=O)c1cccc(CN2C(=O)CNC2=O)c1)C1CC1.Cl. The van der Waals surface area contributed by atoms with Gasteiger partial charge < -0.3 is 16.4 Å². The lowest BCUT2D eigenvalue weighted by atomic mass is 9.95. The first kappa shape index (κ1) is 19.2. The molecule has 1 unspecified atom stereocenters. The molecular formula is C17H23ClN4O3. The lowest BCUT2D eigenvalue weighted by Crippen LogP contribution is -2.53. The Kier molecular flexibility index (Phi) is 5.69. The van der Waals surface area contributed by atoms with Gasteiger partial charge in [0, 0.05) is 12.1 Å². The van der Waals surface area contributed by atoms with E-state index in [1.165, 1.54) is 0 Å². The molecule has 25 heavy (non-hydrogen) atoms. The first-order valence-electron chi connectivity index (χ1n) is 8.12. The number of benzene rings is 1. The molecule has 0 bridgehead atoms. The standard InChI is InChI=1S/C17H22N4O3.ClH/c1-17(10-18,13-5-6-13)20-15(23)12-4-2-3-11(7-12)9-21-14(22)8-19-16(21)24;/h2-4,7,13H,5-6,8-10,18H2,1H3,(H,19,24)(H,20,23);1H. The van der Waals surface area contributed by atoms with Gasteiger partial charge in [-0.2, -0.15) is 0 Å². The third-order valence-electron chi connectivity index (χ3n) is 4.77. The van der Waals surface area contributed by atoms with Crippen LogP contribution in [0.1, 0.15) is 35.7 Å². The van der Waals surface area contributed by atoms with E-state index in [4.69, 9.17) is 5.73 Å². The highest BCUT2D eigenvalue weighted by atomic mass is 35.5. The van der Waals surface area contributed by atoms with Crippen LogP contribution in [0.15, 0.2) is 24.3 Å². The van der Waals surface area contributed by atoms with Crippen molar-refractivity contribution in [1.82, 2.24) is 15.5 Å². The predicted molar refractivity (Wildman–Crippen MR) is 95.3 cm³/mol. The summed E-state index contributed by atoms with van der Waals surface area (Å²) in [6.45, 7) is 2.54. The Labute approximate surface area is 152 Å². The van der Waals surface area contributed by atoms with E-state index in [2.05, 4.69) is 10.6 Å². The van der Waals surface area contributed by atoms with Gasteiger partial charge in [-0.1, -0.05) is 12.1 Å². The first-order chi connectivity index (χ1) is 11.4. The summed E-state index contributed by atoms with van der Waals surface area (Å²) in [6, 6.07) is 6.56. The zero-order valence-corrected chi connectivity index (χ0v) is 14.9. The molecule has 0 aromatic heterocycles. The van der Waals surface area contributed by atoms with Crippen LogP contribution in [0.2, 0.25) is 0 Å². The van der Waals surface area contributed by atoms with Crippen molar-refractivity contribution < 1.29 is 14.4 Å². The molecule has 0 radical (unpaired) electrons.